The summed E-state index contributed by atoms with van der Waals surface area (Å²) in [6.07, 6.45) is 4.76. The van der Waals surface area contributed by atoms with Crippen LogP contribution in [-0.2, 0) is 0 Å². The molecule has 1 aliphatic heterocycles. The number of benzene rings is 1. The summed E-state index contributed by atoms with van der Waals surface area (Å²) in [5, 5.41) is 7.17. The summed E-state index contributed by atoms with van der Waals surface area (Å²) in [6.45, 7) is 1.10. The smallest absolute Gasteiger partial charge is 0.316 e. The largest absolute Gasteiger partial charge is 0.493 e. The van der Waals surface area contributed by atoms with Crippen molar-refractivity contribution in [1.82, 2.24) is 25.1 Å². The highest BCUT2D eigenvalue weighted by atomic mass is 16.5. The van der Waals surface area contributed by atoms with Gasteiger partial charge in [-0.25, -0.2) is 9.97 Å². The van der Waals surface area contributed by atoms with Crippen LogP contribution >= 0.6 is 0 Å². The van der Waals surface area contributed by atoms with Gasteiger partial charge in [-0.3, -0.25) is 9.89 Å². The highest BCUT2D eigenvalue weighted by molar-refractivity contribution is 5.93. The number of hydrogen-bond acceptors (Lipinski definition) is 8. The van der Waals surface area contributed by atoms with E-state index in [1.165, 1.54) is 0 Å². The predicted molar refractivity (Wildman–Crippen MR) is 115 cm³/mol. The van der Waals surface area contributed by atoms with Gasteiger partial charge in [0.15, 0.2) is 11.5 Å². The molecule has 0 saturated carbocycles. The fourth-order valence-electron chi connectivity index (χ4n) is 3.69. The van der Waals surface area contributed by atoms with Crippen molar-refractivity contribution in [3.8, 4) is 34.5 Å². The lowest BCUT2D eigenvalue weighted by Gasteiger charge is -2.31. The van der Waals surface area contributed by atoms with Crippen LogP contribution in [-0.4, -0.2) is 71.5 Å². The van der Waals surface area contributed by atoms with Crippen LogP contribution in [0.15, 0.2) is 36.7 Å². The molecule has 3 aromatic rings. The maximum absolute atomic E-state index is 13.1. The van der Waals surface area contributed by atoms with E-state index in [2.05, 4.69) is 20.2 Å². The van der Waals surface area contributed by atoms with Crippen molar-refractivity contribution in [3.05, 3.63) is 42.4 Å². The SMILES string of the molecule is COc1cc(-c2cc(C(=O)N3CCCC(Oc4ncccn4)C3)[nH]n2)cc(OC)c1OC. The van der Waals surface area contributed by atoms with Gasteiger partial charge in [0.1, 0.15) is 11.8 Å². The minimum atomic E-state index is -0.160. The number of rotatable bonds is 7. The second kappa shape index (κ2) is 9.54. The number of methoxy groups -OCH3 is 3. The van der Waals surface area contributed by atoms with Crippen LogP contribution in [0.1, 0.15) is 23.3 Å². The van der Waals surface area contributed by atoms with Gasteiger partial charge < -0.3 is 23.8 Å². The molecule has 1 aromatic carbocycles. The molecule has 1 unspecified atom stereocenters. The molecule has 10 nitrogen and oxygen atoms in total. The van der Waals surface area contributed by atoms with Gasteiger partial charge >= 0.3 is 6.01 Å². The lowest BCUT2D eigenvalue weighted by Crippen LogP contribution is -2.44. The van der Waals surface area contributed by atoms with E-state index in [0.717, 1.165) is 18.4 Å². The minimum absolute atomic E-state index is 0.140. The molecule has 168 valence electrons. The molecule has 1 fully saturated rings. The first kappa shape index (κ1) is 21.4. The van der Waals surface area contributed by atoms with Gasteiger partial charge in [0.25, 0.3) is 5.91 Å². The maximum Gasteiger partial charge on any atom is 0.316 e. The number of hydrogen-bond donors (Lipinski definition) is 1. The number of nitrogens with one attached hydrogen (secondary N) is 1. The Kier molecular flexibility index (Phi) is 6.39. The zero-order valence-electron chi connectivity index (χ0n) is 18.2. The Morgan fingerprint density at radius 2 is 1.78 bits per heavy atom. The number of ether oxygens (including phenoxy) is 4. The Morgan fingerprint density at radius 3 is 2.44 bits per heavy atom. The van der Waals surface area contributed by atoms with Gasteiger partial charge in [0, 0.05) is 24.5 Å². The van der Waals surface area contributed by atoms with E-state index in [9.17, 15) is 4.79 Å². The van der Waals surface area contributed by atoms with E-state index < -0.39 is 0 Å². The van der Waals surface area contributed by atoms with E-state index in [1.807, 2.05) is 0 Å². The van der Waals surface area contributed by atoms with Crippen molar-refractivity contribution in [2.24, 2.45) is 0 Å². The standard InChI is InChI=1S/C22H25N5O5/c1-29-18-10-14(11-19(30-2)20(18)31-3)16-12-17(26-25-16)21(28)27-9-4-6-15(13-27)32-22-23-7-5-8-24-22/h5,7-8,10-12,15H,4,6,9,13H2,1-3H3,(H,25,26). The molecule has 1 saturated heterocycles. The number of carbonyl (C=O) groups excluding carboxylic acids is 1. The molecule has 3 heterocycles. The molecule has 0 bridgehead atoms. The summed E-state index contributed by atoms with van der Waals surface area (Å²) >= 11 is 0. The highest BCUT2D eigenvalue weighted by Crippen LogP contribution is 2.40. The molecule has 0 aliphatic carbocycles. The summed E-state index contributed by atoms with van der Waals surface area (Å²) in [7, 11) is 4.65. The molecule has 0 spiro atoms. The Labute approximate surface area is 185 Å². The zero-order valence-corrected chi connectivity index (χ0v) is 18.2. The fourth-order valence-corrected chi connectivity index (χ4v) is 3.69. The fraction of sp³-hybridized carbons (Fsp3) is 0.364. The van der Waals surface area contributed by atoms with E-state index in [0.29, 0.717) is 47.7 Å². The molecule has 0 radical (unpaired) electrons. The van der Waals surface area contributed by atoms with Gasteiger partial charge in [-0.15, -0.1) is 0 Å². The maximum atomic E-state index is 13.1. The summed E-state index contributed by atoms with van der Waals surface area (Å²) < 4.78 is 22.0. The monoisotopic (exact) mass is 439 g/mol. The van der Waals surface area contributed by atoms with Crippen molar-refractivity contribution in [3.63, 3.8) is 0 Å². The average molecular weight is 439 g/mol. The molecular formula is C22H25N5O5. The van der Waals surface area contributed by atoms with E-state index in [-0.39, 0.29) is 12.0 Å². The van der Waals surface area contributed by atoms with Crippen LogP contribution in [0.4, 0.5) is 0 Å². The third-order valence-corrected chi connectivity index (χ3v) is 5.25. The number of likely N-dealkylation sites (tertiary alicyclic amines) is 1. The number of aromatic amines is 1. The third-order valence-electron chi connectivity index (χ3n) is 5.25. The third kappa shape index (κ3) is 4.43. The first-order valence-corrected chi connectivity index (χ1v) is 10.2. The molecule has 1 amide bonds. The topological polar surface area (TPSA) is 112 Å². The van der Waals surface area contributed by atoms with Crippen LogP contribution in [0.3, 0.4) is 0 Å². The number of aromatic nitrogens is 4. The van der Waals surface area contributed by atoms with Gasteiger partial charge in [-0.1, -0.05) is 0 Å². The normalized spacial score (nSPS) is 15.8. The Balaban J connectivity index is 1.50. The minimum Gasteiger partial charge on any atom is -0.493 e. The molecule has 1 N–H and O–H groups in total. The molecular weight excluding hydrogens is 414 g/mol. The Hall–Kier alpha value is -3.82. The van der Waals surface area contributed by atoms with Crippen LogP contribution in [0.25, 0.3) is 11.3 Å². The molecule has 1 aliphatic rings. The number of carbonyl (C=O) groups is 1. The summed E-state index contributed by atoms with van der Waals surface area (Å²) in [5.41, 5.74) is 1.72. The first-order valence-electron chi connectivity index (χ1n) is 10.2. The number of nitrogens with zero attached hydrogens (tertiary/aromatic N) is 4. The molecule has 32 heavy (non-hydrogen) atoms. The van der Waals surface area contributed by atoms with Crippen molar-refractivity contribution < 1.29 is 23.7 Å². The summed E-state index contributed by atoms with van der Waals surface area (Å²) in [5.74, 6) is 1.37. The lowest BCUT2D eigenvalue weighted by molar-refractivity contribution is 0.0510. The van der Waals surface area contributed by atoms with Crippen LogP contribution in [0, 0.1) is 0 Å². The second-order valence-electron chi connectivity index (χ2n) is 7.25. The predicted octanol–water partition coefficient (Wildman–Crippen LogP) is 2.58. The van der Waals surface area contributed by atoms with Crippen molar-refractivity contribution in [1.29, 1.82) is 0 Å². The van der Waals surface area contributed by atoms with Gasteiger partial charge in [0.2, 0.25) is 5.75 Å². The van der Waals surface area contributed by atoms with Crippen molar-refractivity contribution in [2.75, 3.05) is 34.4 Å². The van der Waals surface area contributed by atoms with E-state index in [4.69, 9.17) is 18.9 Å². The van der Waals surface area contributed by atoms with E-state index >= 15 is 0 Å². The average Bonchev–Trinajstić information content (AvgIpc) is 3.33. The quantitative estimate of drug-likeness (QED) is 0.598. The zero-order chi connectivity index (χ0) is 22.5. The first-order chi connectivity index (χ1) is 15.6. The number of piperidine rings is 1. The van der Waals surface area contributed by atoms with Crippen molar-refractivity contribution >= 4 is 5.91 Å². The number of amides is 1. The second-order valence-corrected chi connectivity index (χ2v) is 7.25. The van der Waals surface area contributed by atoms with Gasteiger partial charge in [-0.05, 0) is 37.1 Å². The lowest BCUT2D eigenvalue weighted by atomic mass is 10.1. The Bertz CT molecular complexity index is 1050. The highest BCUT2D eigenvalue weighted by Gasteiger charge is 2.27. The van der Waals surface area contributed by atoms with Crippen molar-refractivity contribution in [2.45, 2.75) is 18.9 Å². The van der Waals surface area contributed by atoms with Gasteiger partial charge in [-0.2, -0.15) is 5.10 Å². The van der Waals surface area contributed by atoms with E-state index in [1.54, 1.807) is 62.9 Å². The molecule has 2 aromatic heterocycles. The van der Waals surface area contributed by atoms with Crippen LogP contribution in [0.5, 0.6) is 23.3 Å². The summed E-state index contributed by atoms with van der Waals surface area (Å²) in [6, 6.07) is 7.34. The summed E-state index contributed by atoms with van der Waals surface area (Å²) in [4.78, 5) is 23.0. The van der Waals surface area contributed by atoms with Crippen LogP contribution in [0.2, 0.25) is 0 Å². The Morgan fingerprint density at radius 1 is 1.06 bits per heavy atom. The van der Waals surface area contributed by atoms with Gasteiger partial charge in [0.05, 0.1) is 33.6 Å². The van der Waals surface area contributed by atoms with Crippen LogP contribution < -0.4 is 18.9 Å². The molecule has 10 heteroatoms. The number of H-pyrrole nitrogens is 1. The molecule has 4 rings (SSSR count). The molecule has 1 atom stereocenters.